The number of hydrogen-bond acceptors (Lipinski definition) is 2. The molecule has 1 spiro atoms. The van der Waals surface area contributed by atoms with Crippen LogP contribution in [0.2, 0.25) is 0 Å². The molecule has 0 amide bonds. The van der Waals surface area contributed by atoms with Crippen LogP contribution in [0, 0.1) is 11.3 Å². The number of aliphatic hydroxyl groups is 1. The highest BCUT2D eigenvalue weighted by atomic mass is 16.3. The van der Waals surface area contributed by atoms with Gasteiger partial charge in [-0.3, -0.25) is 4.90 Å². The Morgan fingerprint density at radius 3 is 2.12 bits per heavy atom. The third-order valence-electron chi connectivity index (χ3n) is 4.90. The molecule has 1 saturated heterocycles. The summed E-state index contributed by atoms with van der Waals surface area (Å²) in [6.07, 6.45) is 9.65. The highest BCUT2D eigenvalue weighted by molar-refractivity contribution is 4.98. The highest BCUT2D eigenvalue weighted by Gasteiger charge is 2.45. The predicted molar refractivity (Wildman–Crippen MR) is 72.0 cm³/mol. The van der Waals surface area contributed by atoms with E-state index in [-0.39, 0.29) is 0 Å². The zero-order valence-electron chi connectivity index (χ0n) is 11.6. The van der Waals surface area contributed by atoms with Crippen molar-refractivity contribution in [1.82, 2.24) is 4.90 Å². The molecule has 2 nitrogen and oxygen atoms in total. The summed E-state index contributed by atoms with van der Waals surface area (Å²) in [7, 11) is 0. The van der Waals surface area contributed by atoms with E-state index in [0.29, 0.717) is 24.0 Å². The predicted octanol–water partition coefficient (Wildman–Crippen LogP) is 3.05. The van der Waals surface area contributed by atoms with Crippen LogP contribution in [0.5, 0.6) is 0 Å². The van der Waals surface area contributed by atoms with Gasteiger partial charge in [-0.25, -0.2) is 0 Å². The molecule has 100 valence electrons. The smallest absolute Gasteiger partial charge is 0.0446 e. The van der Waals surface area contributed by atoms with Crippen LogP contribution in [0.15, 0.2) is 0 Å². The van der Waals surface area contributed by atoms with Crippen LogP contribution in [0.1, 0.15) is 58.8 Å². The Balaban J connectivity index is 1.86. The van der Waals surface area contributed by atoms with E-state index in [9.17, 15) is 5.11 Å². The van der Waals surface area contributed by atoms with Gasteiger partial charge in [-0.1, -0.05) is 39.5 Å². The first-order valence-corrected chi connectivity index (χ1v) is 7.52. The Bertz CT molecular complexity index is 223. The molecule has 1 aliphatic carbocycles. The molecule has 1 N–H and O–H groups in total. The number of likely N-dealkylation sites (tertiary alicyclic amines) is 1. The maximum atomic E-state index is 9.17. The first kappa shape index (κ1) is 13.4. The Labute approximate surface area is 106 Å². The van der Waals surface area contributed by atoms with Crippen molar-refractivity contribution in [2.45, 2.75) is 64.8 Å². The van der Waals surface area contributed by atoms with Gasteiger partial charge in [-0.2, -0.15) is 0 Å². The summed E-state index contributed by atoms with van der Waals surface area (Å²) >= 11 is 0. The van der Waals surface area contributed by atoms with Crippen molar-refractivity contribution >= 4 is 0 Å². The summed E-state index contributed by atoms with van der Waals surface area (Å²) < 4.78 is 0. The van der Waals surface area contributed by atoms with E-state index in [0.717, 1.165) is 6.42 Å². The van der Waals surface area contributed by atoms with Crippen LogP contribution >= 0.6 is 0 Å². The minimum atomic E-state index is 0.340. The zero-order valence-corrected chi connectivity index (χ0v) is 11.6. The second-order valence-corrected chi connectivity index (χ2v) is 6.64. The van der Waals surface area contributed by atoms with Crippen molar-refractivity contribution < 1.29 is 5.11 Å². The normalized spacial score (nSPS) is 26.8. The van der Waals surface area contributed by atoms with Gasteiger partial charge in [0.25, 0.3) is 0 Å². The van der Waals surface area contributed by atoms with Crippen molar-refractivity contribution in [3.8, 4) is 0 Å². The highest BCUT2D eigenvalue weighted by Crippen LogP contribution is 2.44. The van der Waals surface area contributed by atoms with Gasteiger partial charge in [0.2, 0.25) is 0 Å². The molecule has 1 heterocycles. The van der Waals surface area contributed by atoms with Crippen molar-refractivity contribution in [3.63, 3.8) is 0 Å². The van der Waals surface area contributed by atoms with Gasteiger partial charge < -0.3 is 5.11 Å². The lowest BCUT2D eigenvalue weighted by atomic mass is 9.72. The topological polar surface area (TPSA) is 23.5 Å². The molecule has 17 heavy (non-hydrogen) atoms. The van der Waals surface area contributed by atoms with Gasteiger partial charge in [0.15, 0.2) is 0 Å². The van der Waals surface area contributed by atoms with E-state index >= 15 is 0 Å². The minimum Gasteiger partial charge on any atom is -0.396 e. The fourth-order valence-corrected chi connectivity index (χ4v) is 3.91. The molecular weight excluding hydrogens is 210 g/mol. The molecule has 2 heteroatoms. The average Bonchev–Trinajstić information content (AvgIpc) is 2.49. The van der Waals surface area contributed by atoms with Crippen molar-refractivity contribution in [2.24, 2.45) is 11.3 Å². The zero-order chi connectivity index (χ0) is 12.3. The van der Waals surface area contributed by atoms with Crippen LogP contribution in [-0.2, 0) is 0 Å². The van der Waals surface area contributed by atoms with Crippen LogP contribution < -0.4 is 0 Å². The molecule has 2 aliphatic rings. The summed E-state index contributed by atoms with van der Waals surface area (Å²) in [4.78, 5) is 2.63. The molecule has 0 aromatic heterocycles. The van der Waals surface area contributed by atoms with Gasteiger partial charge >= 0.3 is 0 Å². The number of nitrogens with zero attached hydrogens (tertiary/aromatic N) is 1. The van der Waals surface area contributed by atoms with Crippen molar-refractivity contribution in [3.05, 3.63) is 0 Å². The standard InChI is InChI=1S/C15H29NO/c1-13(2)14(7-10-17)16-11-15(12-16)8-5-3-4-6-9-15/h13-14,17H,3-12H2,1-2H3. The fourth-order valence-electron chi connectivity index (χ4n) is 3.91. The lowest BCUT2D eigenvalue weighted by Gasteiger charge is -2.54. The summed E-state index contributed by atoms with van der Waals surface area (Å²) in [6.45, 7) is 7.52. The van der Waals surface area contributed by atoms with Gasteiger partial charge in [-0.05, 0) is 30.6 Å². The Morgan fingerprint density at radius 1 is 1.06 bits per heavy atom. The van der Waals surface area contributed by atoms with E-state index in [4.69, 9.17) is 0 Å². The maximum Gasteiger partial charge on any atom is 0.0446 e. The van der Waals surface area contributed by atoms with Gasteiger partial charge in [0.05, 0.1) is 0 Å². The van der Waals surface area contributed by atoms with Crippen LogP contribution in [-0.4, -0.2) is 35.7 Å². The number of aliphatic hydroxyl groups excluding tert-OH is 1. The second-order valence-electron chi connectivity index (χ2n) is 6.64. The number of rotatable bonds is 4. The molecule has 0 aromatic carbocycles. The van der Waals surface area contributed by atoms with Gasteiger partial charge in [0.1, 0.15) is 0 Å². The Hall–Kier alpha value is -0.0800. The summed E-state index contributed by atoms with van der Waals surface area (Å²) in [5.41, 5.74) is 0.666. The molecule has 1 atom stereocenters. The van der Waals surface area contributed by atoms with Gasteiger partial charge in [0, 0.05) is 25.7 Å². The maximum absolute atomic E-state index is 9.17. The average molecular weight is 239 g/mol. The lowest BCUT2D eigenvalue weighted by Crippen LogP contribution is -2.60. The summed E-state index contributed by atoms with van der Waals surface area (Å²) in [5, 5.41) is 9.17. The molecule has 2 fully saturated rings. The molecule has 0 aromatic rings. The first-order chi connectivity index (χ1) is 8.17. The molecule has 0 bridgehead atoms. The molecule has 1 saturated carbocycles. The SMILES string of the molecule is CC(C)C(CCO)N1CC2(CCCCCC2)C1. The summed E-state index contributed by atoms with van der Waals surface area (Å²) in [6, 6.07) is 0.605. The fraction of sp³-hybridized carbons (Fsp3) is 1.00. The largest absolute Gasteiger partial charge is 0.396 e. The quantitative estimate of drug-likeness (QED) is 0.815. The second kappa shape index (κ2) is 5.71. The molecule has 2 rings (SSSR count). The van der Waals surface area contributed by atoms with Gasteiger partial charge in [-0.15, -0.1) is 0 Å². The van der Waals surface area contributed by atoms with Crippen molar-refractivity contribution in [1.29, 1.82) is 0 Å². The number of hydrogen-bond donors (Lipinski definition) is 1. The molecule has 1 unspecified atom stereocenters. The van der Waals surface area contributed by atoms with E-state index in [2.05, 4.69) is 18.7 Å². The molecular formula is C15H29NO. The summed E-state index contributed by atoms with van der Waals surface area (Å²) in [5.74, 6) is 0.672. The lowest BCUT2D eigenvalue weighted by molar-refractivity contribution is -0.0591. The van der Waals surface area contributed by atoms with Crippen molar-refractivity contribution in [2.75, 3.05) is 19.7 Å². The molecule has 1 aliphatic heterocycles. The minimum absolute atomic E-state index is 0.340. The van der Waals surface area contributed by atoms with E-state index in [1.165, 1.54) is 51.6 Å². The monoisotopic (exact) mass is 239 g/mol. The Morgan fingerprint density at radius 2 is 1.65 bits per heavy atom. The molecule has 0 radical (unpaired) electrons. The van der Waals surface area contributed by atoms with Crippen LogP contribution in [0.3, 0.4) is 0 Å². The first-order valence-electron chi connectivity index (χ1n) is 7.52. The third kappa shape index (κ3) is 3.03. The third-order valence-corrected chi connectivity index (χ3v) is 4.90. The van der Waals surface area contributed by atoms with E-state index in [1.54, 1.807) is 0 Å². The van der Waals surface area contributed by atoms with Crippen LogP contribution in [0.25, 0.3) is 0 Å². The Kier molecular flexibility index (Phi) is 4.48. The van der Waals surface area contributed by atoms with E-state index in [1.807, 2.05) is 0 Å². The van der Waals surface area contributed by atoms with E-state index < -0.39 is 0 Å². The van der Waals surface area contributed by atoms with Crippen LogP contribution in [0.4, 0.5) is 0 Å².